The normalized spacial score (nSPS) is 14.7. The van der Waals surface area contributed by atoms with Gasteiger partial charge in [0.25, 0.3) is 5.56 Å². The van der Waals surface area contributed by atoms with Crippen molar-refractivity contribution in [2.45, 2.75) is 38.0 Å². The number of furan rings is 1. The molecule has 1 N–H and O–H groups in total. The van der Waals surface area contributed by atoms with Crippen LogP contribution in [0.25, 0.3) is 22.2 Å². The molecule has 0 amide bonds. The van der Waals surface area contributed by atoms with Gasteiger partial charge < -0.3 is 9.52 Å². The highest BCUT2D eigenvalue weighted by Gasteiger charge is 2.22. The summed E-state index contributed by atoms with van der Waals surface area (Å²) in [6.07, 6.45) is 6.85. The minimum Gasteiger partial charge on any atom is -0.478 e. The first kappa shape index (κ1) is 23.5. The number of rotatable bonds is 5. The Morgan fingerprint density at radius 3 is 2.69 bits per heavy atom. The van der Waals surface area contributed by atoms with E-state index in [9.17, 15) is 9.59 Å². The second kappa shape index (κ2) is 9.79. The van der Waals surface area contributed by atoms with Crippen LogP contribution in [0.1, 0.15) is 60.0 Å². The highest BCUT2D eigenvalue weighted by Crippen LogP contribution is 2.32. The van der Waals surface area contributed by atoms with Gasteiger partial charge in [0, 0.05) is 16.0 Å². The van der Waals surface area contributed by atoms with E-state index in [0.717, 1.165) is 30.2 Å². The molecule has 1 aliphatic carbocycles. The van der Waals surface area contributed by atoms with Gasteiger partial charge in [0.1, 0.15) is 17.3 Å². The number of hydrogen-bond acceptors (Lipinski definition) is 5. The molecule has 0 unspecified atom stereocenters. The van der Waals surface area contributed by atoms with Gasteiger partial charge in [0.15, 0.2) is 0 Å². The van der Waals surface area contributed by atoms with Crippen molar-refractivity contribution in [1.82, 2.24) is 9.66 Å². The number of carboxylic acids is 1. The Balaban J connectivity index is 1.52. The van der Waals surface area contributed by atoms with Gasteiger partial charge in [-0.3, -0.25) is 4.79 Å². The minimum absolute atomic E-state index is 0.0221. The van der Waals surface area contributed by atoms with Gasteiger partial charge in [0.2, 0.25) is 0 Å². The number of carboxylic acid groups (broad SMARTS) is 1. The number of aromatic carboxylic acids is 1. The van der Waals surface area contributed by atoms with E-state index in [1.54, 1.807) is 30.3 Å². The first-order valence-corrected chi connectivity index (χ1v) is 12.5. The number of hydrogen-bond donors (Lipinski definition) is 1. The van der Waals surface area contributed by atoms with Crippen LogP contribution in [0.5, 0.6) is 0 Å². The quantitative estimate of drug-likeness (QED) is 0.277. The van der Waals surface area contributed by atoms with E-state index in [0.29, 0.717) is 33.8 Å². The predicted molar refractivity (Wildman–Crippen MR) is 139 cm³/mol. The number of carbonyl (C=O) groups is 1. The van der Waals surface area contributed by atoms with Crippen molar-refractivity contribution < 1.29 is 14.3 Å². The van der Waals surface area contributed by atoms with Crippen LogP contribution in [0.15, 0.2) is 67.3 Å². The summed E-state index contributed by atoms with van der Waals surface area (Å²) in [4.78, 5) is 29.4. The summed E-state index contributed by atoms with van der Waals surface area (Å²) in [7, 11) is 0. The number of halogens is 2. The maximum Gasteiger partial charge on any atom is 0.337 e. The molecule has 1 saturated carbocycles. The van der Waals surface area contributed by atoms with Crippen LogP contribution in [0.2, 0.25) is 5.02 Å². The third-order valence-electron chi connectivity index (χ3n) is 6.21. The van der Waals surface area contributed by atoms with Crippen LogP contribution in [0.3, 0.4) is 0 Å². The van der Waals surface area contributed by atoms with Gasteiger partial charge in [-0.25, -0.2) is 9.78 Å². The molecule has 1 fully saturated rings. The molecule has 0 spiro atoms. The van der Waals surface area contributed by atoms with E-state index in [1.165, 1.54) is 23.4 Å². The van der Waals surface area contributed by atoms with Gasteiger partial charge in [-0.2, -0.15) is 9.78 Å². The highest BCUT2D eigenvalue weighted by atomic mass is 79.9. The molecule has 9 heteroatoms. The summed E-state index contributed by atoms with van der Waals surface area (Å²) in [6.45, 7) is 0. The molecule has 4 aromatic rings. The summed E-state index contributed by atoms with van der Waals surface area (Å²) in [5.41, 5.74) is 1.09. The lowest BCUT2D eigenvalue weighted by molar-refractivity contribution is 0.0697. The lowest BCUT2D eigenvalue weighted by Gasteiger charge is -2.22. The van der Waals surface area contributed by atoms with Crippen molar-refractivity contribution in [3.63, 3.8) is 0 Å². The first-order chi connectivity index (χ1) is 16.9. The van der Waals surface area contributed by atoms with Crippen LogP contribution in [-0.4, -0.2) is 27.0 Å². The second-order valence-electron chi connectivity index (χ2n) is 8.53. The Kier molecular flexibility index (Phi) is 6.58. The number of fused-ring (bicyclic) bond motifs is 1. The number of aromatic nitrogens is 2. The molecule has 2 aromatic heterocycles. The fourth-order valence-corrected chi connectivity index (χ4v) is 5.06. The van der Waals surface area contributed by atoms with Crippen molar-refractivity contribution in [1.29, 1.82) is 0 Å². The fourth-order valence-electron chi connectivity index (χ4n) is 4.44. The van der Waals surface area contributed by atoms with Crippen LogP contribution >= 0.6 is 27.5 Å². The monoisotopic (exact) mass is 553 g/mol. The van der Waals surface area contributed by atoms with Crippen molar-refractivity contribution >= 4 is 50.6 Å². The average Bonchev–Trinajstić information content (AvgIpc) is 3.33. The van der Waals surface area contributed by atoms with Gasteiger partial charge in [-0.05, 0) is 55.3 Å². The second-order valence-corrected chi connectivity index (χ2v) is 9.85. The zero-order chi connectivity index (χ0) is 24.5. The fraction of sp³-hybridized carbons (Fsp3) is 0.231. The van der Waals surface area contributed by atoms with Crippen molar-refractivity contribution in [3.05, 3.63) is 85.5 Å². The summed E-state index contributed by atoms with van der Waals surface area (Å²) in [5, 5.41) is 14.3. The molecular formula is C26H21BrClN3O4. The molecule has 5 rings (SSSR count). The molecular weight excluding hydrogens is 534 g/mol. The van der Waals surface area contributed by atoms with Crippen LogP contribution in [-0.2, 0) is 0 Å². The lowest BCUT2D eigenvalue weighted by Crippen LogP contribution is -2.25. The summed E-state index contributed by atoms with van der Waals surface area (Å²) >= 11 is 9.53. The lowest BCUT2D eigenvalue weighted by atomic mass is 9.88. The van der Waals surface area contributed by atoms with Crippen molar-refractivity contribution in [2.75, 3.05) is 0 Å². The molecule has 0 radical (unpaired) electrons. The summed E-state index contributed by atoms with van der Waals surface area (Å²) in [5.74, 6) is 0.691. The molecule has 2 aromatic carbocycles. The van der Waals surface area contributed by atoms with Crippen molar-refractivity contribution in [3.8, 4) is 11.3 Å². The Labute approximate surface area is 214 Å². The smallest absolute Gasteiger partial charge is 0.337 e. The average molecular weight is 555 g/mol. The molecule has 0 bridgehead atoms. The molecule has 1 aliphatic rings. The third-order valence-corrected chi connectivity index (χ3v) is 7.02. The Morgan fingerprint density at radius 2 is 1.94 bits per heavy atom. The van der Waals surface area contributed by atoms with E-state index in [1.807, 2.05) is 12.1 Å². The van der Waals surface area contributed by atoms with Gasteiger partial charge in [0.05, 0.1) is 27.7 Å². The summed E-state index contributed by atoms with van der Waals surface area (Å²) < 4.78 is 8.07. The van der Waals surface area contributed by atoms with Crippen LogP contribution in [0.4, 0.5) is 0 Å². The SMILES string of the molecule is O=C(O)c1ccc(-c2ccc(C=Nn3c(C4CCCCC4)nc4ccc(Br)cc4c3=O)o2)cc1Cl. The number of benzene rings is 2. The van der Waals surface area contributed by atoms with Gasteiger partial charge in [-0.1, -0.05) is 52.9 Å². The first-order valence-electron chi connectivity index (χ1n) is 11.3. The molecule has 7 nitrogen and oxygen atoms in total. The maximum atomic E-state index is 13.4. The van der Waals surface area contributed by atoms with Gasteiger partial charge >= 0.3 is 5.97 Å². The van der Waals surface area contributed by atoms with E-state index >= 15 is 0 Å². The van der Waals surface area contributed by atoms with Crippen molar-refractivity contribution in [2.24, 2.45) is 5.10 Å². The molecule has 2 heterocycles. The van der Waals surface area contributed by atoms with E-state index in [-0.39, 0.29) is 22.1 Å². The van der Waals surface area contributed by atoms with E-state index in [4.69, 9.17) is 26.1 Å². The molecule has 0 saturated heterocycles. The molecule has 178 valence electrons. The Morgan fingerprint density at radius 1 is 1.14 bits per heavy atom. The highest BCUT2D eigenvalue weighted by molar-refractivity contribution is 9.10. The topological polar surface area (TPSA) is 97.7 Å². The van der Waals surface area contributed by atoms with Crippen LogP contribution < -0.4 is 5.56 Å². The van der Waals surface area contributed by atoms with E-state index < -0.39 is 5.97 Å². The summed E-state index contributed by atoms with van der Waals surface area (Å²) in [6, 6.07) is 13.6. The minimum atomic E-state index is -1.09. The standard InChI is InChI=1S/C26H21BrClN3O4/c27-17-7-10-22-20(13-17)25(32)31(24(30-22)15-4-2-1-3-5-15)29-14-18-8-11-23(35-18)16-6-9-19(26(33)34)21(28)12-16/h6-15H,1-5H2,(H,33,34). The zero-order valence-corrected chi connectivity index (χ0v) is 20.9. The number of nitrogens with zero attached hydrogens (tertiary/aromatic N) is 3. The maximum absolute atomic E-state index is 13.4. The Hall–Kier alpha value is -3.23. The van der Waals surface area contributed by atoms with Crippen LogP contribution in [0, 0.1) is 0 Å². The predicted octanol–water partition coefficient (Wildman–Crippen LogP) is 6.70. The molecule has 35 heavy (non-hydrogen) atoms. The Bertz CT molecular complexity index is 1520. The molecule has 0 aliphatic heterocycles. The van der Waals surface area contributed by atoms with E-state index in [2.05, 4.69) is 21.0 Å². The zero-order valence-electron chi connectivity index (χ0n) is 18.6. The third kappa shape index (κ3) is 4.81. The van der Waals surface area contributed by atoms with Gasteiger partial charge in [-0.15, -0.1) is 0 Å². The molecule has 0 atom stereocenters. The largest absolute Gasteiger partial charge is 0.478 e.